The van der Waals surface area contributed by atoms with Crippen LogP contribution in [-0.4, -0.2) is 15.2 Å². The number of imidazole rings is 1. The molecule has 0 bridgehead atoms. The molecular weight excluding hydrogens is 209 g/mol. The first kappa shape index (κ1) is 10.9. The quantitative estimate of drug-likeness (QED) is 0.819. The van der Waals surface area contributed by atoms with E-state index in [4.69, 9.17) is 5.73 Å². The van der Waals surface area contributed by atoms with Crippen LogP contribution in [0.15, 0.2) is 23.0 Å². The lowest BCUT2D eigenvalue weighted by atomic mass is 10.3. The summed E-state index contributed by atoms with van der Waals surface area (Å²) in [5, 5.41) is 0. The van der Waals surface area contributed by atoms with Gasteiger partial charge in [0, 0.05) is 19.6 Å². The maximum absolute atomic E-state index is 13.1. The maximum atomic E-state index is 13.1. The van der Waals surface area contributed by atoms with Gasteiger partial charge in [0.25, 0.3) is 0 Å². The fourth-order valence-corrected chi connectivity index (χ4v) is 1.85. The summed E-state index contributed by atoms with van der Waals surface area (Å²) in [4.78, 5) is 11.9. The van der Waals surface area contributed by atoms with Crippen LogP contribution in [0.25, 0.3) is 11.0 Å². The molecule has 1 heterocycles. The highest BCUT2D eigenvalue weighted by atomic mass is 19.1. The average Bonchev–Trinajstić information content (AvgIpc) is 2.43. The number of halogens is 1. The second-order valence-corrected chi connectivity index (χ2v) is 4.06. The molecule has 86 valence electrons. The van der Waals surface area contributed by atoms with Gasteiger partial charge in [-0.15, -0.1) is 0 Å². The van der Waals surface area contributed by atoms with E-state index in [1.54, 1.807) is 13.1 Å². The zero-order valence-corrected chi connectivity index (χ0v) is 9.27. The highest BCUT2D eigenvalue weighted by Crippen LogP contribution is 2.14. The van der Waals surface area contributed by atoms with E-state index in [0.717, 1.165) is 0 Å². The largest absolute Gasteiger partial charge is 0.328 e. The van der Waals surface area contributed by atoms with Crippen molar-refractivity contribution in [2.75, 3.05) is 0 Å². The van der Waals surface area contributed by atoms with Crippen molar-refractivity contribution in [3.63, 3.8) is 0 Å². The Balaban J connectivity index is 2.75. The third-order valence-corrected chi connectivity index (χ3v) is 2.58. The van der Waals surface area contributed by atoms with Gasteiger partial charge in [0.15, 0.2) is 0 Å². The second kappa shape index (κ2) is 3.75. The third-order valence-electron chi connectivity index (χ3n) is 2.58. The number of rotatable bonds is 2. The molecule has 0 aliphatic heterocycles. The van der Waals surface area contributed by atoms with Gasteiger partial charge in [-0.1, -0.05) is 0 Å². The minimum atomic E-state index is -0.350. The molecule has 0 amide bonds. The molecule has 2 N–H and O–H groups in total. The van der Waals surface area contributed by atoms with Gasteiger partial charge >= 0.3 is 5.69 Å². The first-order valence-electron chi connectivity index (χ1n) is 5.11. The Labute approximate surface area is 92.1 Å². The molecule has 5 heteroatoms. The zero-order valence-electron chi connectivity index (χ0n) is 9.27. The number of hydrogen-bond acceptors (Lipinski definition) is 2. The van der Waals surface area contributed by atoms with Crippen molar-refractivity contribution in [1.82, 2.24) is 9.13 Å². The Morgan fingerprint density at radius 3 is 2.75 bits per heavy atom. The van der Waals surface area contributed by atoms with E-state index in [-0.39, 0.29) is 17.5 Å². The van der Waals surface area contributed by atoms with Gasteiger partial charge in [-0.3, -0.25) is 9.13 Å². The summed E-state index contributed by atoms with van der Waals surface area (Å²) in [6.45, 7) is 2.20. The molecule has 2 aromatic rings. The summed E-state index contributed by atoms with van der Waals surface area (Å²) in [5.74, 6) is -0.350. The van der Waals surface area contributed by atoms with Crippen molar-refractivity contribution in [2.24, 2.45) is 12.8 Å². The summed E-state index contributed by atoms with van der Waals surface area (Å²) in [7, 11) is 1.67. The van der Waals surface area contributed by atoms with Crippen LogP contribution in [0.5, 0.6) is 0 Å². The number of fused-ring (bicyclic) bond motifs is 1. The second-order valence-electron chi connectivity index (χ2n) is 4.06. The number of nitrogens with zero attached hydrogens (tertiary/aromatic N) is 2. The minimum absolute atomic E-state index is 0.147. The summed E-state index contributed by atoms with van der Waals surface area (Å²) in [6.07, 6.45) is 0. The molecule has 1 unspecified atom stereocenters. The molecule has 2 rings (SSSR count). The van der Waals surface area contributed by atoms with Crippen molar-refractivity contribution in [3.05, 3.63) is 34.5 Å². The number of aromatic nitrogens is 2. The molecule has 1 atom stereocenters. The lowest BCUT2D eigenvalue weighted by Gasteiger charge is -2.06. The third kappa shape index (κ3) is 1.63. The monoisotopic (exact) mass is 223 g/mol. The first-order chi connectivity index (χ1) is 7.50. The summed E-state index contributed by atoms with van der Waals surface area (Å²) < 4.78 is 16.1. The van der Waals surface area contributed by atoms with Crippen LogP contribution < -0.4 is 11.4 Å². The summed E-state index contributed by atoms with van der Waals surface area (Å²) >= 11 is 0. The fraction of sp³-hybridized carbons (Fsp3) is 0.364. The lowest BCUT2D eigenvalue weighted by molar-refractivity contribution is 0.575. The molecule has 4 nitrogen and oxygen atoms in total. The van der Waals surface area contributed by atoms with Crippen molar-refractivity contribution in [3.8, 4) is 0 Å². The normalized spacial score (nSPS) is 13.2. The molecule has 0 saturated heterocycles. The predicted molar refractivity (Wildman–Crippen MR) is 60.8 cm³/mol. The van der Waals surface area contributed by atoms with Gasteiger partial charge in [0.05, 0.1) is 11.0 Å². The highest BCUT2D eigenvalue weighted by molar-refractivity contribution is 5.76. The van der Waals surface area contributed by atoms with Crippen LogP contribution in [0.4, 0.5) is 4.39 Å². The Bertz CT molecular complexity index is 583. The molecule has 0 aliphatic carbocycles. The van der Waals surface area contributed by atoms with Crippen LogP contribution in [0, 0.1) is 5.82 Å². The minimum Gasteiger partial charge on any atom is -0.326 e. The van der Waals surface area contributed by atoms with Crippen LogP contribution in [0.2, 0.25) is 0 Å². The maximum Gasteiger partial charge on any atom is 0.328 e. The molecule has 1 aromatic carbocycles. The number of hydrogen-bond donors (Lipinski definition) is 1. The van der Waals surface area contributed by atoms with Gasteiger partial charge in [0.2, 0.25) is 0 Å². The van der Waals surface area contributed by atoms with Crippen LogP contribution in [0.3, 0.4) is 0 Å². The molecule has 0 spiro atoms. The molecule has 0 saturated carbocycles. The van der Waals surface area contributed by atoms with E-state index < -0.39 is 0 Å². The smallest absolute Gasteiger partial charge is 0.326 e. The van der Waals surface area contributed by atoms with Crippen molar-refractivity contribution >= 4 is 11.0 Å². The van der Waals surface area contributed by atoms with E-state index in [1.807, 2.05) is 6.92 Å². The zero-order chi connectivity index (χ0) is 11.9. The average molecular weight is 223 g/mol. The van der Waals surface area contributed by atoms with Crippen LogP contribution >= 0.6 is 0 Å². The van der Waals surface area contributed by atoms with Gasteiger partial charge < -0.3 is 5.73 Å². The number of aryl methyl sites for hydroxylation is 1. The predicted octanol–water partition coefficient (Wildman–Crippen LogP) is 0.826. The summed E-state index contributed by atoms with van der Waals surface area (Å²) in [5.41, 5.74) is 6.80. The molecule has 0 aliphatic rings. The van der Waals surface area contributed by atoms with Gasteiger partial charge in [0.1, 0.15) is 5.82 Å². The van der Waals surface area contributed by atoms with Gasteiger partial charge in [-0.25, -0.2) is 9.18 Å². The van der Waals surface area contributed by atoms with E-state index in [1.165, 1.54) is 21.3 Å². The Morgan fingerprint density at radius 1 is 1.44 bits per heavy atom. The Morgan fingerprint density at radius 2 is 2.12 bits per heavy atom. The molecule has 0 radical (unpaired) electrons. The van der Waals surface area contributed by atoms with Crippen LogP contribution in [-0.2, 0) is 13.6 Å². The topological polar surface area (TPSA) is 52.9 Å². The molecular formula is C11H14FN3O. The van der Waals surface area contributed by atoms with Crippen molar-refractivity contribution in [1.29, 1.82) is 0 Å². The SMILES string of the molecule is CC(N)Cn1c(=O)n(C)c2ccc(F)cc21. The standard InChI is InChI=1S/C11H14FN3O/c1-7(13)6-15-10-5-8(12)3-4-9(10)14(2)11(15)16/h3-5,7H,6,13H2,1-2H3. The Hall–Kier alpha value is -1.62. The van der Waals surface area contributed by atoms with E-state index in [2.05, 4.69) is 0 Å². The summed E-state index contributed by atoms with van der Waals surface area (Å²) in [6, 6.07) is 4.16. The van der Waals surface area contributed by atoms with Gasteiger partial charge in [-0.05, 0) is 25.1 Å². The Kier molecular flexibility index (Phi) is 2.55. The van der Waals surface area contributed by atoms with E-state index in [0.29, 0.717) is 17.6 Å². The lowest BCUT2D eigenvalue weighted by Crippen LogP contribution is -2.30. The van der Waals surface area contributed by atoms with Crippen molar-refractivity contribution in [2.45, 2.75) is 19.5 Å². The van der Waals surface area contributed by atoms with Crippen LogP contribution in [0.1, 0.15) is 6.92 Å². The number of nitrogens with two attached hydrogens (primary N) is 1. The fourth-order valence-electron chi connectivity index (χ4n) is 1.85. The highest BCUT2D eigenvalue weighted by Gasteiger charge is 2.12. The van der Waals surface area contributed by atoms with E-state index in [9.17, 15) is 9.18 Å². The molecule has 1 aromatic heterocycles. The van der Waals surface area contributed by atoms with E-state index >= 15 is 0 Å². The molecule has 16 heavy (non-hydrogen) atoms. The van der Waals surface area contributed by atoms with Crippen molar-refractivity contribution < 1.29 is 4.39 Å². The first-order valence-corrected chi connectivity index (χ1v) is 5.11. The number of benzene rings is 1. The van der Waals surface area contributed by atoms with Gasteiger partial charge in [-0.2, -0.15) is 0 Å². The molecule has 0 fully saturated rings.